The summed E-state index contributed by atoms with van der Waals surface area (Å²) in [6.45, 7) is 5.16. The molecule has 1 aromatic carbocycles. The number of carbonyl (C=O) groups is 2. The van der Waals surface area contributed by atoms with E-state index in [4.69, 9.17) is 9.15 Å². The zero-order valence-corrected chi connectivity index (χ0v) is 13.1. The van der Waals surface area contributed by atoms with Crippen molar-refractivity contribution in [2.24, 2.45) is 0 Å². The zero-order chi connectivity index (χ0) is 16.8. The molecule has 1 aromatic heterocycles. The SMILES string of the molecule is CC(C)NC(=O)NC(=O)[C@H](C)Oc1ccc(-c2nnco2)cc1. The highest BCUT2D eigenvalue weighted by molar-refractivity contribution is 5.96. The fourth-order valence-corrected chi connectivity index (χ4v) is 1.74. The van der Waals surface area contributed by atoms with Gasteiger partial charge < -0.3 is 14.5 Å². The third-order valence-corrected chi connectivity index (χ3v) is 2.80. The smallest absolute Gasteiger partial charge is 0.321 e. The number of nitrogens with one attached hydrogen (secondary N) is 2. The molecular formula is C15H18N4O4. The number of urea groups is 1. The van der Waals surface area contributed by atoms with E-state index in [0.717, 1.165) is 5.56 Å². The van der Waals surface area contributed by atoms with E-state index >= 15 is 0 Å². The number of imide groups is 1. The Labute approximate surface area is 133 Å². The van der Waals surface area contributed by atoms with Crippen LogP contribution >= 0.6 is 0 Å². The second-order valence-electron chi connectivity index (χ2n) is 5.15. The number of rotatable bonds is 5. The van der Waals surface area contributed by atoms with E-state index in [0.29, 0.717) is 11.6 Å². The Morgan fingerprint density at radius 2 is 1.87 bits per heavy atom. The van der Waals surface area contributed by atoms with Crippen molar-refractivity contribution >= 4 is 11.9 Å². The lowest BCUT2D eigenvalue weighted by atomic mass is 10.2. The minimum absolute atomic E-state index is 0.0590. The first-order valence-corrected chi connectivity index (χ1v) is 7.10. The molecule has 2 aromatic rings. The second kappa shape index (κ2) is 7.39. The fourth-order valence-electron chi connectivity index (χ4n) is 1.74. The van der Waals surface area contributed by atoms with E-state index in [1.807, 2.05) is 0 Å². The van der Waals surface area contributed by atoms with Crippen molar-refractivity contribution in [3.8, 4) is 17.2 Å². The van der Waals surface area contributed by atoms with Gasteiger partial charge in [0.05, 0.1) is 0 Å². The van der Waals surface area contributed by atoms with Crippen molar-refractivity contribution < 1.29 is 18.7 Å². The van der Waals surface area contributed by atoms with Crippen LogP contribution in [0.15, 0.2) is 35.1 Å². The summed E-state index contributed by atoms with van der Waals surface area (Å²) in [7, 11) is 0. The maximum absolute atomic E-state index is 11.9. The van der Waals surface area contributed by atoms with Gasteiger partial charge in [-0.15, -0.1) is 10.2 Å². The highest BCUT2D eigenvalue weighted by Crippen LogP contribution is 2.20. The molecule has 23 heavy (non-hydrogen) atoms. The summed E-state index contributed by atoms with van der Waals surface area (Å²) >= 11 is 0. The zero-order valence-electron chi connectivity index (χ0n) is 13.1. The first-order valence-electron chi connectivity index (χ1n) is 7.10. The van der Waals surface area contributed by atoms with Crippen molar-refractivity contribution in [2.45, 2.75) is 32.9 Å². The van der Waals surface area contributed by atoms with Gasteiger partial charge in [-0.1, -0.05) is 0 Å². The highest BCUT2D eigenvalue weighted by atomic mass is 16.5. The van der Waals surface area contributed by atoms with E-state index in [1.54, 1.807) is 45.0 Å². The van der Waals surface area contributed by atoms with Gasteiger partial charge in [0.1, 0.15) is 5.75 Å². The van der Waals surface area contributed by atoms with Crippen LogP contribution in [-0.2, 0) is 4.79 Å². The minimum atomic E-state index is -0.817. The molecule has 0 spiro atoms. The summed E-state index contributed by atoms with van der Waals surface area (Å²) in [4.78, 5) is 23.3. The molecule has 0 aliphatic carbocycles. The van der Waals surface area contributed by atoms with Gasteiger partial charge in [0.25, 0.3) is 5.91 Å². The average Bonchev–Trinajstić information content (AvgIpc) is 3.01. The van der Waals surface area contributed by atoms with Crippen LogP contribution in [-0.4, -0.2) is 34.3 Å². The lowest BCUT2D eigenvalue weighted by Gasteiger charge is -2.15. The Morgan fingerprint density at radius 1 is 1.17 bits per heavy atom. The number of nitrogens with zero attached hydrogens (tertiary/aromatic N) is 2. The molecule has 1 atom stereocenters. The van der Waals surface area contributed by atoms with E-state index in [9.17, 15) is 9.59 Å². The topological polar surface area (TPSA) is 106 Å². The van der Waals surface area contributed by atoms with Gasteiger partial charge in [0.15, 0.2) is 6.10 Å². The summed E-state index contributed by atoms with van der Waals surface area (Å²) in [6.07, 6.45) is 0.427. The molecule has 2 rings (SSSR count). The second-order valence-corrected chi connectivity index (χ2v) is 5.15. The normalized spacial score (nSPS) is 11.8. The van der Waals surface area contributed by atoms with Gasteiger partial charge in [-0.2, -0.15) is 0 Å². The van der Waals surface area contributed by atoms with Crippen LogP contribution in [0.5, 0.6) is 5.75 Å². The molecule has 3 amide bonds. The number of amides is 3. The first kappa shape index (κ1) is 16.5. The number of benzene rings is 1. The molecule has 122 valence electrons. The molecule has 0 unspecified atom stereocenters. The quantitative estimate of drug-likeness (QED) is 0.869. The van der Waals surface area contributed by atoms with E-state index in [-0.39, 0.29) is 6.04 Å². The molecule has 0 bridgehead atoms. The maximum atomic E-state index is 11.9. The highest BCUT2D eigenvalue weighted by Gasteiger charge is 2.18. The standard InChI is InChI=1S/C15H18N4O4/c1-9(2)17-15(21)18-13(20)10(3)23-12-6-4-11(5-7-12)14-19-16-8-22-14/h4-10H,1-3H3,(H2,17,18,20,21)/t10-/m0/s1. The van der Waals surface area contributed by atoms with Crippen LogP contribution in [0.2, 0.25) is 0 Å². The largest absolute Gasteiger partial charge is 0.481 e. The van der Waals surface area contributed by atoms with E-state index < -0.39 is 18.0 Å². The van der Waals surface area contributed by atoms with Gasteiger partial charge >= 0.3 is 6.03 Å². The maximum Gasteiger partial charge on any atom is 0.321 e. The van der Waals surface area contributed by atoms with Crippen molar-refractivity contribution in [3.05, 3.63) is 30.7 Å². The Hall–Kier alpha value is -2.90. The first-order chi connectivity index (χ1) is 11.0. The third kappa shape index (κ3) is 4.80. The fraction of sp³-hybridized carbons (Fsp3) is 0.333. The van der Waals surface area contributed by atoms with Crippen molar-refractivity contribution in [3.63, 3.8) is 0 Å². The Morgan fingerprint density at radius 3 is 2.43 bits per heavy atom. The molecule has 2 N–H and O–H groups in total. The van der Waals surface area contributed by atoms with Gasteiger partial charge in [-0.05, 0) is 45.0 Å². The van der Waals surface area contributed by atoms with Crippen LogP contribution < -0.4 is 15.4 Å². The summed E-state index contributed by atoms with van der Waals surface area (Å²) < 4.78 is 10.6. The number of aromatic nitrogens is 2. The van der Waals surface area contributed by atoms with Crippen molar-refractivity contribution in [2.75, 3.05) is 0 Å². The minimum Gasteiger partial charge on any atom is -0.481 e. The summed E-state index contributed by atoms with van der Waals surface area (Å²) in [5, 5.41) is 12.2. The van der Waals surface area contributed by atoms with Crippen molar-refractivity contribution in [1.82, 2.24) is 20.8 Å². The Kier molecular flexibility index (Phi) is 5.29. The number of hydrogen-bond donors (Lipinski definition) is 2. The van der Waals surface area contributed by atoms with Crippen LogP contribution in [0, 0.1) is 0 Å². The molecule has 0 fully saturated rings. The van der Waals surface area contributed by atoms with Crippen LogP contribution in [0.3, 0.4) is 0 Å². The molecule has 0 radical (unpaired) electrons. The van der Waals surface area contributed by atoms with Gasteiger partial charge in [0.2, 0.25) is 12.3 Å². The molecule has 1 heterocycles. The molecule has 0 saturated carbocycles. The van der Waals surface area contributed by atoms with Gasteiger partial charge in [0, 0.05) is 11.6 Å². The van der Waals surface area contributed by atoms with Gasteiger partial charge in [-0.3, -0.25) is 10.1 Å². The number of carbonyl (C=O) groups excluding carboxylic acids is 2. The van der Waals surface area contributed by atoms with Crippen LogP contribution in [0.1, 0.15) is 20.8 Å². The Balaban J connectivity index is 1.91. The monoisotopic (exact) mass is 318 g/mol. The predicted molar refractivity (Wildman–Crippen MR) is 81.6 cm³/mol. The summed E-state index contributed by atoms with van der Waals surface area (Å²) in [5.41, 5.74) is 0.739. The van der Waals surface area contributed by atoms with E-state index in [1.165, 1.54) is 6.39 Å². The van der Waals surface area contributed by atoms with Crippen molar-refractivity contribution in [1.29, 1.82) is 0 Å². The molecule has 0 aliphatic rings. The number of hydrogen-bond acceptors (Lipinski definition) is 6. The predicted octanol–water partition coefficient (Wildman–Crippen LogP) is 1.74. The summed E-state index contributed by atoms with van der Waals surface area (Å²) in [5.74, 6) is 0.358. The molecule has 8 heteroatoms. The average molecular weight is 318 g/mol. The molecule has 0 aliphatic heterocycles. The molecule has 8 nitrogen and oxygen atoms in total. The van der Waals surface area contributed by atoms with Crippen LogP contribution in [0.4, 0.5) is 4.79 Å². The lowest BCUT2D eigenvalue weighted by molar-refractivity contribution is -0.126. The lowest BCUT2D eigenvalue weighted by Crippen LogP contribution is -2.46. The Bertz CT molecular complexity index is 653. The van der Waals surface area contributed by atoms with Crippen LogP contribution in [0.25, 0.3) is 11.5 Å². The third-order valence-electron chi connectivity index (χ3n) is 2.80. The number of ether oxygens (including phenoxy) is 1. The summed E-state index contributed by atoms with van der Waals surface area (Å²) in [6, 6.07) is 6.22. The van der Waals surface area contributed by atoms with E-state index in [2.05, 4.69) is 20.8 Å². The van der Waals surface area contributed by atoms with Gasteiger partial charge in [-0.25, -0.2) is 4.79 Å². The molecular weight excluding hydrogens is 300 g/mol. The molecule has 0 saturated heterocycles.